The molecule has 0 aromatic rings. The molecule has 1 atom stereocenters. The van der Waals surface area contributed by atoms with Gasteiger partial charge in [0.1, 0.15) is 0 Å². The molecular formula is C9H12O4. The molecule has 0 amide bonds. The van der Waals surface area contributed by atoms with Gasteiger partial charge in [0.15, 0.2) is 0 Å². The predicted octanol–water partition coefficient (Wildman–Crippen LogP) is 0.569. The zero-order chi connectivity index (χ0) is 10.4. The molecule has 0 saturated carbocycles. The second kappa shape index (κ2) is 5.27. The smallest absolute Gasteiger partial charge is 0.341 e. The zero-order valence-corrected chi connectivity index (χ0v) is 7.45. The summed E-state index contributed by atoms with van der Waals surface area (Å²) in [5.41, 5.74) is 0.0604. The van der Waals surface area contributed by atoms with Gasteiger partial charge in [-0.3, -0.25) is 0 Å². The van der Waals surface area contributed by atoms with Crippen molar-refractivity contribution < 1.29 is 19.4 Å². The lowest BCUT2D eigenvalue weighted by molar-refractivity contribution is -0.153. The van der Waals surface area contributed by atoms with Gasteiger partial charge in [0, 0.05) is 18.1 Å². The zero-order valence-electron chi connectivity index (χ0n) is 7.45. The van der Waals surface area contributed by atoms with Crippen molar-refractivity contribution in [2.24, 2.45) is 0 Å². The van der Waals surface area contributed by atoms with E-state index in [-0.39, 0.29) is 12.0 Å². The Morgan fingerprint density at radius 1 is 1.62 bits per heavy atom. The van der Waals surface area contributed by atoms with Crippen LogP contribution in [0.15, 0.2) is 24.8 Å². The van der Waals surface area contributed by atoms with E-state index in [0.29, 0.717) is 0 Å². The number of carbonyl (C=O) groups is 2. The maximum Gasteiger partial charge on any atom is 0.341 e. The van der Waals surface area contributed by atoms with Crippen molar-refractivity contribution in [1.82, 2.24) is 0 Å². The third-order valence-corrected chi connectivity index (χ3v) is 1.19. The molecule has 0 heterocycles. The summed E-state index contributed by atoms with van der Waals surface area (Å²) < 4.78 is 4.26. The number of esters is 2. The van der Waals surface area contributed by atoms with Gasteiger partial charge in [-0.05, 0) is 6.92 Å². The lowest BCUT2D eigenvalue weighted by Crippen LogP contribution is -2.14. The van der Waals surface area contributed by atoms with Crippen molar-refractivity contribution >= 4 is 11.9 Å². The van der Waals surface area contributed by atoms with Gasteiger partial charge in [0.25, 0.3) is 0 Å². The van der Waals surface area contributed by atoms with Crippen LogP contribution >= 0.6 is 0 Å². The Hall–Kier alpha value is -1.42. The second-order valence-corrected chi connectivity index (χ2v) is 2.57. The standard InChI is InChI=1S/C9H12O4/c1-4-8(11)13-9(12)6(2)5-7(3)10/h4,7,10H,1-2,5H2,3H3. The average molecular weight is 184 g/mol. The molecule has 1 N–H and O–H groups in total. The van der Waals surface area contributed by atoms with Gasteiger partial charge in [-0.15, -0.1) is 0 Å². The Morgan fingerprint density at radius 3 is 2.54 bits per heavy atom. The minimum atomic E-state index is -0.828. The molecule has 0 fully saturated rings. The quantitative estimate of drug-likeness (QED) is 0.394. The van der Waals surface area contributed by atoms with Crippen molar-refractivity contribution in [3.63, 3.8) is 0 Å². The summed E-state index contributed by atoms with van der Waals surface area (Å²) in [5.74, 6) is -1.65. The SMILES string of the molecule is C=CC(=O)OC(=O)C(=C)CC(C)O. The molecule has 0 aromatic heterocycles. The summed E-state index contributed by atoms with van der Waals surface area (Å²) in [6, 6.07) is 0. The van der Waals surface area contributed by atoms with Crippen LogP contribution < -0.4 is 0 Å². The number of aliphatic hydroxyl groups excluding tert-OH is 1. The van der Waals surface area contributed by atoms with Crippen molar-refractivity contribution in [2.75, 3.05) is 0 Å². The van der Waals surface area contributed by atoms with Crippen molar-refractivity contribution in [1.29, 1.82) is 0 Å². The number of carbonyl (C=O) groups excluding carboxylic acids is 2. The molecule has 0 aliphatic carbocycles. The Kier molecular flexibility index (Phi) is 4.69. The van der Waals surface area contributed by atoms with E-state index >= 15 is 0 Å². The van der Waals surface area contributed by atoms with E-state index in [4.69, 9.17) is 5.11 Å². The van der Waals surface area contributed by atoms with Crippen LogP contribution in [0.1, 0.15) is 13.3 Å². The van der Waals surface area contributed by atoms with Gasteiger partial charge in [-0.2, -0.15) is 0 Å². The largest absolute Gasteiger partial charge is 0.393 e. The average Bonchev–Trinajstić information content (AvgIpc) is 2.02. The fraction of sp³-hybridized carbons (Fsp3) is 0.333. The third kappa shape index (κ3) is 4.92. The minimum Gasteiger partial charge on any atom is -0.393 e. The van der Waals surface area contributed by atoms with E-state index in [1.807, 2.05) is 0 Å². The molecule has 0 rings (SSSR count). The van der Waals surface area contributed by atoms with Crippen LogP contribution in [0.3, 0.4) is 0 Å². The van der Waals surface area contributed by atoms with Crippen LogP contribution in [0.4, 0.5) is 0 Å². The molecule has 0 saturated heterocycles. The fourth-order valence-electron chi connectivity index (χ4n) is 0.645. The van der Waals surface area contributed by atoms with Gasteiger partial charge in [0.2, 0.25) is 0 Å². The number of rotatable bonds is 4. The van der Waals surface area contributed by atoms with Gasteiger partial charge in [-0.25, -0.2) is 9.59 Å². The molecule has 0 radical (unpaired) electrons. The van der Waals surface area contributed by atoms with E-state index in [2.05, 4.69) is 17.9 Å². The fourth-order valence-corrected chi connectivity index (χ4v) is 0.645. The number of aliphatic hydroxyl groups is 1. The van der Waals surface area contributed by atoms with Crippen LogP contribution in [-0.2, 0) is 14.3 Å². The molecule has 4 heteroatoms. The molecule has 0 bridgehead atoms. The number of ether oxygens (including phenoxy) is 1. The summed E-state index contributed by atoms with van der Waals surface area (Å²) in [6.07, 6.45) is 0.287. The minimum absolute atomic E-state index is 0.0604. The first-order valence-electron chi connectivity index (χ1n) is 3.71. The molecule has 4 nitrogen and oxygen atoms in total. The van der Waals surface area contributed by atoms with E-state index < -0.39 is 18.0 Å². The highest BCUT2D eigenvalue weighted by molar-refractivity contribution is 5.98. The van der Waals surface area contributed by atoms with Crippen LogP contribution in [-0.4, -0.2) is 23.1 Å². The lowest BCUT2D eigenvalue weighted by atomic mass is 10.1. The highest BCUT2D eigenvalue weighted by Crippen LogP contribution is 2.04. The number of hydrogen-bond acceptors (Lipinski definition) is 4. The first kappa shape index (κ1) is 11.6. The predicted molar refractivity (Wildman–Crippen MR) is 46.7 cm³/mol. The van der Waals surface area contributed by atoms with Crippen LogP contribution in [0.25, 0.3) is 0 Å². The Morgan fingerprint density at radius 2 is 2.15 bits per heavy atom. The lowest BCUT2D eigenvalue weighted by Gasteiger charge is -2.05. The van der Waals surface area contributed by atoms with Crippen molar-refractivity contribution in [3.05, 3.63) is 24.8 Å². The van der Waals surface area contributed by atoms with E-state index in [9.17, 15) is 9.59 Å². The Bertz CT molecular complexity index is 240. The van der Waals surface area contributed by atoms with Crippen LogP contribution in [0, 0.1) is 0 Å². The molecule has 0 aliphatic rings. The van der Waals surface area contributed by atoms with Crippen LogP contribution in [0.5, 0.6) is 0 Å². The molecule has 0 aliphatic heterocycles. The van der Waals surface area contributed by atoms with E-state index in [1.165, 1.54) is 6.92 Å². The highest BCUT2D eigenvalue weighted by Gasteiger charge is 2.13. The first-order valence-corrected chi connectivity index (χ1v) is 3.71. The summed E-state index contributed by atoms with van der Waals surface area (Å²) >= 11 is 0. The maximum absolute atomic E-state index is 10.9. The topological polar surface area (TPSA) is 63.6 Å². The molecule has 0 spiro atoms. The summed E-state index contributed by atoms with van der Waals surface area (Å²) in [6.45, 7) is 8.00. The summed E-state index contributed by atoms with van der Waals surface area (Å²) in [5, 5.41) is 8.89. The maximum atomic E-state index is 10.9. The first-order chi connectivity index (χ1) is 5.97. The van der Waals surface area contributed by atoms with Gasteiger partial charge >= 0.3 is 11.9 Å². The summed E-state index contributed by atoms with van der Waals surface area (Å²) in [4.78, 5) is 21.5. The second-order valence-electron chi connectivity index (χ2n) is 2.57. The molecule has 0 aromatic carbocycles. The molecular weight excluding hydrogens is 172 g/mol. The normalized spacial score (nSPS) is 11.5. The molecule has 13 heavy (non-hydrogen) atoms. The molecule has 72 valence electrons. The Labute approximate surface area is 76.5 Å². The highest BCUT2D eigenvalue weighted by atomic mass is 16.6. The van der Waals surface area contributed by atoms with Crippen LogP contribution in [0.2, 0.25) is 0 Å². The van der Waals surface area contributed by atoms with Crippen molar-refractivity contribution in [3.8, 4) is 0 Å². The van der Waals surface area contributed by atoms with Gasteiger partial charge in [0.05, 0.1) is 6.10 Å². The van der Waals surface area contributed by atoms with E-state index in [0.717, 1.165) is 6.08 Å². The number of hydrogen-bond donors (Lipinski definition) is 1. The van der Waals surface area contributed by atoms with Gasteiger partial charge in [-0.1, -0.05) is 13.2 Å². The monoisotopic (exact) mass is 184 g/mol. The molecule has 1 unspecified atom stereocenters. The Balaban J connectivity index is 4.04. The summed E-state index contributed by atoms with van der Waals surface area (Å²) in [7, 11) is 0. The third-order valence-electron chi connectivity index (χ3n) is 1.19. The van der Waals surface area contributed by atoms with Gasteiger partial charge < -0.3 is 9.84 Å². The van der Waals surface area contributed by atoms with Crippen molar-refractivity contribution in [2.45, 2.75) is 19.4 Å². The van der Waals surface area contributed by atoms with E-state index in [1.54, 1.807) is 0 Å².